The summed E-state index contributed by atoms with van der Waals surface area (Å²) in [5.41, 5.74) is -1.02. The molecule has 1 aromatic carbocycles. The van der Waals surface area contributed by atoms with Gasteiger partial charge in [0.05, 0.1) is 29.9 Å². The predicted molar refractivity (Wildman–Crippen MR) is 123 cm³/mol. The van der Waals surface area contributed by atoms with Gasteiger partial charge in [-0.25, -0.2) is 4.79 Å². The topological polar surface area (TPSA) is 79.0 Å². The highest BCUT2D eigenvalue weighted by molar-refractivity contribution is 7.81. The van der Waals surface area contributed by atoms with Gasteiger partial charge in [-0.2, -0.15) is 13.2 Å². The summed E-state index contributed by atoms with van der Waals surface area (Å²) in [4.78, 5) is 39.4. The lowest BCUT2D eigenvalue weighted by molar-refractivity contribution is -0.137. The van der Waals surface area contributed by atoms with E-state index in [0.717, 1.165) is 15.9 Å². The van der Waals surface area contributed by atoms with Gasteiger partial charge >= 0.3 is 12.3 Å². The molecule has 0 aromatic heterocycles. The molecule has 34 heavy (non-hydrogen) atoms. The number of nitrogens with one attached hydrogen (secondary N) is 1. The Morgan fingerprint density at radius 3 is 2.71 bits per heavy atom. The quantitative estimate of drug-likeness (QED) is 0.600. The van der Waals surface area contributed by atoms with Crippen molar-refractivity contribution in [1.29, 1.82) is 0 Å². The van der Waals surface area contributed by atoms with Crippen molar-refractivity contribution in [2.24, 2.45) is 0 Å². The molecule has 3 amide bonds. The summed E-state index contributed by atoms with van der Waals surface area (Å²) in [6.07, 6.45) is -2.20. The van der Waals surface area contributed by atoms with Crippen molar-refractivity contribution in [3.8, 4) is 0 Å². The Labute approximate surface area is 203 Å². The van der Waals surface area contributed by atoms with E-state index in [9.17, 15) is 27.6 Å². The second-order valence-electron chi connectivity index (χ2n) is 7.95. The summed E-state index contributed by atoms with van der Waals surface area (Å²) in [6, 6.07) is 3.37. The van der Waals surface area contributed by atoms with Gasteiger partial charge in [-0.1, -0.05) is 29.9 Å². The summed E-state index contributed by atoms with van der Waals surface area (Å²) in [5, 5.41) is 3.00. The summed E-state index contributed by atoms with van der Waals surface area (Å²) >= 11 is 11.1. The Bertz CT molecular complexity index is 1130. The summed E-state index contributed by atoms with van der Waals surface area (Å²) in [5.74, 6) is -0.858. The zero-order valence-corrected chi connectivity index (χ0v) is 19.2. The molecule has 1 N–H and O–H groups in total. The molecule has 0 bridgehead atoms. The maximum absolute atomic E-state index is 13.8. The highest BCUT2D eigenvalue weighted by atomic mass is 35.5. The number of carbonyl (C=O) groups is 3. The minimum Gasteiger partial charge on any atom is -0.442 e. The van der Waals surface area contributed by atoms with Crippen molar-refractivity contribution in [2.75, 3.05) is 29.4 Å². The number of thiocarbonyl (C=S) groups is 1. The van der Waals surface area contributed by atoms with Crippen molar-refractivity contribution in [1.82, 2.24) is 5.32 Å². The van der Waals surface area contributed by atoms with E-state index in [1.165, 1.54) is 18.2 Å². The number of halogens is 4. The number of ether oxygens (including phenoxy) is 1. The Morgan fingerprint density at radius 1 is 1.26 bits per heavy atom. The van der Waals surface area contributed by atoms with Crippen LogP contribution in [0.15, 0.2) is 41.0 Å². The largest absolute Gasteiger partial charge is 0.442 e. The highest BCUT2D eigenvalue weighted by Crippen LogP contribution is 2.40. The fourth-order valence-corrected chi connectivity index (χ4v) is 4.39. The van der Waals surface area contributed by atoms with E-state index in [0.29, 0.717) is 22.7 Å². The molecule has 1 aromatic rings. The van der Waals surface area contributed by atoms with Crippen LogP contribution in [0.1, 0.15) is 24.8 Å². The maximum Gasteiger partial charge on any atom is 0.418 e. The molecule has 4 rings (SSSR count). The van der Waals surface area contributed by atoms with Crippen LogP contribution in [0.3, 0.4) is 0 Å². The lowest BCUT2D eigenvalue weighted by Gasteiger charge is -2.23. The molecule has 2 aliphatic heterocycles. The van der Waals surface area contributed by atoms with E-state index in [-0.39, 0.29) is 48.9 Å². The zero-order valence-electron chi connectivity index (χ0n) is 17.7. The fourth-order valence-electron chi connectivity index (χ4n) is 3.97. The average molecular weight is 514 g/mol. The van der Waals surface area contributed by atoms with Crippen LogP contribution in [0, 0.1) is 0 Å². The first-order valence-corrected chi connectivity index (χ1v) is 11.2. The number of rotatable bonds is 5. The lowest BCUT2D eigenvalue weighted by Crippen LogP contribution is -2.36. The Hall–Kier alpha value is -2.92. The van der Waals surface area contributed by atoms with Crippen molar-refractivity contribution in [3.05, 3.63) is 46.5 Å². The molecule has 0 radical (unpaired) electrons. The number of amides is 3. The number of allylic oxidation sites excluding steroid dienone is 3. The van der Waals surface area contributed by atoms with Gasteiger partial charge in [-0.3, -0.25) is 14.5 Å². The number of benzene rings is 1. The smallest absolute Gasteiger partial charge is 0.418 e. The van der Waals surface area contributed by atoms with E-state index < -0.39 is 29.8 Å². The molecule has 2 fully saturated rings. The first-order valence-electron chi connectivity index (χ1n) is 10.4. The van der Waals surface area contributed by atoms with E-state index >= 15 is 0 Å². The maximum atomic E-state index is 13.8. The number of hydrogen-bond acceptors (Lipinski definition) is 5. The van der Waals surface area contributed by atoms with Gasteiger partial charge in [0.25, 0.3) is 5.91 Å². The van der Waals surface area contributed by atoms with Gasteiger partial charge in [-0.15, -0.1) is 0 Å². The van der Waals surface area contributed by atoms with Crippen molar-refractivity contribution >= 4 is 58.0 Å². The molecule has 2 heterocycles. The molecule has 0 saturated carbocycles. The number of cyclic esters (lactones) is 1. The van der Waals surface area contributed by atoms with E-state index in [1.807, 2.05) is 0 Å². The summed E-state index contributed by atoms with van der Waals surface area (Å²) < 4.78 is 46.5. The molecule has 0 spiro atoms. The Morgan fingerprint density at radius 2 is 2.03 bits per heavy atom. The van der Waals surface area contributed by atoms with Crippen LogP contribution in [0.5, 0.6) is 0 Å². The van der Waals surface area contributed by atoms with Crippen LogP contribution >= 0.6 is 23.8 Å². The lowest BCUT2D eigenvalue weighted by atomic mass is 10.0. The van der Waals surface area contributed by atoms with Gasteiger partial charge in [0.2, 0.25) is 5.91 Å². The fraction of sp³-hybridized carbons (Fsp3) is 0.364. The van der Waals surface area contributed by atoms with Gasteiger partial charge in [-0.05, 0) is 30.7 Å². The Kier molecular flexibility index (Phi) is 6.68. The normalized spacial score (nSPS) is 20.9. The summed E-state index contributed by atoms with van der Waals surface area (Å²) in [6.45, 7) is 0.0765. The van der Waals surface area contributed by atoms with Gasteiger partial charge < -0.3 is 15.0 Å². The standard InChI is InChI=1S/C22H19ClF3N3O4S/c23-12-3-6-18(34)15(8-12)20(31)27-10-14-11-29(21(32)33-14)13-4-5-17(16(9-13)22(24,25)26)28-7-1-2-19(28)30/h3-5,8-9,14H,1-2,6-7,10-11H2,(H,27,31). The van der Waals surface area contributed by atoms with Crippen molar-refractivity contribution in [3.63, 3.8) is 0 Å². The van der Waals surface area contributed by atoms with Gasteiger partial charge in [0.15, 0.2) is 0 Å². The zero-order chi connectivity index (χ0) is 24.6. The van der Waals surface area contributed by atoms with E-state index in [4.69, 9.17) is 28.6 Å². The first kappa shape index (κ1) is 24.2. The van der Waals surface area contributed by atoms with Crippen LogP contribution in [0.4, 0.5) is 29.3 Å². The van der Waals surface area contributed by atoms with E-state index in [2.05, 4.69) is 5.32 Å². The monoisotopic (exact) mass is 513 g/mol. The third-order valence-corrected chi connectivity index (χ3v) is 6.29. The van der Waals surface area contributed by atoms with Crippen LogP contribution < -0.4 is 15.1 Å². The number of anilines is 2. The third-order valence-electron chi connectivity index (χ3n) is 5.64. The molecule has 3 aliphatic rings. The van der Waals surface area contributed by atoms with Gasteiger partial charge in [0.1, 0.15) is 6.10 Å². The number of carbonyl (C=O) groups excluding carboxylic acids is 3. The second-order valence-corrected chi connectivity index (χ2v) is 8.88. The van der Waals surface area contributed by atoms with Crippen molar-refractivity contribution in [2.45, 2.75) is 31.5 Å². The molecule has 2 saturated heterocycles. The molecule has 1 unspecified atom stereocenters. The minimum atomic E-state index is -4.73. The molecule has 12 heteroatoms. The second kappa shape index (κ2) is 9.38. The number of nitrogens with zero attached hydrogens (tertiary/aromatic N) is 2. The molecule has 7 nitrogen and oxygen atoms in total. The third kappa shape index (κ3) is 4.95. The van der Waals surface area contributed by atoms with Crippen LogP contribution in [-0.2, 0) is 20.5 Å². The van der Waals surface area contributed by atoms with Crippen molar-refractivity contribution < 1.29 is 32.3 Å². The minimum absolute atomic E-state index is 0.0189. The van der Waals surface area contributed by atoms with Crippen LogP contribution in [0.25, 0.3) is 0 Å². The van der Waals surface area contributed by atoms with Crippen LogP contribution in [-0.4, -0.2) is 48.5 Å². The molecule has 1 aliphatic carbocycles. The molecule has 180 valence electrons. The highest BCUT2D eigenvalue weighted by Gasteiger charge is 2.39. The molecular formula is C22H19ClF3N3O4S. The Balaban J connectivity index is 1.47. The van der Waals surface area contributed by atoms with Crippen LogP contribution in [0.2, 0.25) is 0 Å². The van der Waals surface area contributed by atoms with E-state index in [1.54, 1.807) is 6.08 Å². The summed E-state index contributed by atoms with van der Waals surface area (Å²) in [7, 11) is 0. The average Bonchev–Trinajstić information content (AvgIpc) is 3.37. The SMILES string of the molecule is O=C(NCC1CN(c2ccc(N3CCCC3=O)c(C(F)(F)F)c2)C(=O)O1)C1=CC(Cl)=CCC1=S. The molecular weight excluding hydrogens is 495 g/mol. The van der Waals surface area contributed by atoms with Gasteiger partial charge in [0, 0.05) is 35.0 Å². The first-order chi connectivity index (χ1) is 16.0. The predicted octanol–water partition coefficient (Wildman–Crippen LogP) is 4.10. The number of alkyl halides is 3. The number of hydrogen-bond donors (Lipinski definition) is 1. The molecule has 1 atom stereocenters.